The van der Waals surface area contributed by atoms with Crippen LogP contribution in [0.5, 0.6) is 0 Å². The first-order valence-corrected chi connectivity index (χ1v) is 5.61. The molecule has 0 atom stereocenters. The number of amidine groups is 1. The maximum atomic E-state index is 5.72. The van der Waals surface area contributed by atoms with Crippen LogP contribution in [0.2, 0.25) is 0 Å². The van der Waals surface area contributed by atoms with Crippen LogP contribution in [0, 0.1) is 5.92 Å². The Morgan fingerprint density at radius 2 is 2.08 bits per heavy atom. The van der Waals surface area contributed by atoms with E-state index in [0.717, 1.165) is 31.1 Å². The van der Waals surface area contributed by atoms with Gasteiger partial charge in [-0.1, -0.05) is 32.6 Å². The Labute approximate surface area is 81.6 Å². The van der Waals surface area contributed by atoms with Gasteiger partial charge in [0, 0.05) is 13.0 Å². The summed E-state index contributed by atoms with van der Waals surface area (Å²) in [5.74, 6) is 1.79. The summed E-state index contributed by atoms with van der Waals surface area (Å²) >= 11 is 0. The summed E-state index contributed by atoms with van der Waals surface area (Å²) in [4.78, 5) is 4.37. The fourth-order valence-electron chi connectivity index (χ4n) is 2.02. The highest BCUT2D eigenvalue weighted by Crippen LogP contribution is 2.27. The second kappa shape index (κ2) is 6.01. The van der Waals surface area contributed by atoms with Crippen molar-refractivity contribution in [2.45, 2.75) is 51.9 Å². The Balaban J connectivity index is 2.07. The fraction of sp³-hybridized carbons (Fsp3) is 0.909. The van der Waals surface area contributed by atoms with Crippen LogP contribution < -0.4 is 5.73 Å². The molecule has 0 amide bonds. The fourth-order valence-corrected chi connectivity index (χ4v) is 2.02. The smallest absolute Gasteiger partial charge is 0.0936 e. The highest BCUT2D eigenvalue weighted by atomic mass is 14.8. The van der Waals surface area contributed by atoms with Crippen molar-refractivity contribution in [3.05, 3.63) is 0 Å². The number of rotatable bonds is 5. The molecule has 0 spiro atoms. The summed E-state index contributed by atoms with van der Waals surface area (Å²) in [6.07, 6.45) is 9.03. The standard InChI is InChI=1S/C11H22N2/c1-2-5-11(12)13-9-8-10-6-3-4-7-10/h10H,2-9H2,1H3,(H2,12,13). The molecule has 0 aromatic carbocycles. The van der Waals surface area contributed by atoms with Crippen molar-refractivity contribution >= 4 is 5.84 Å². The topological polar surface area (TPSA) is 38.4 Å². The number of hydrogen-bond donors (Lipinski definition) is 1. The zero-order chi connectivity index (χ0) is 9.52. The molecule has 1 aliphatic rings. The lowest BCUT2D eigenvalue weighted by Crippen LogP contribution is -2.12. The first kappa shape index (κ1) is 10.6. The Bertz CT molecular complexity index is 157. The predicted molar refractivity (Wildman–Crippen MR) is 58.0 cm³/mol. The van der Waals surface area contributed by atoms with Gasteiger partial charge in [0.15, 0.2) is 0 Å². The molecule has 2 heteroatoms. The largest absolute Gasteiger partial charge is 0.387 e. The van der Waals surface area contributed by atoms with Gasteiger partial charge in [-0.2, -0.15) is 0 Å². The van der Waals surface area contributed by atoms with E-state index in [9.17, 15) is 0 Å². The van der Waals surface area contributed by atoms with Crippen molar-refractivity contribution < 1.29 is 0 Å². The molecule has 13 heavy (non-hydrogen) atoms. The zero-order valence-corrected chi connectivity index (χ0v) is 8.76. The minimum Gasteiger partial charge on any atom is -0.387 e. The third kappa shape index (κ3) is 4.30. The second-order valence-electron chi connectivity index (χ2n) is 4.06. The summed E-state index contributed by atoms with van der Waals surface area (Å²) in [7, 11) is 0. The van der Waals surface area contributed by atoms with E-state index in [0.29, 0.717) is 0 Å². The van der Waals surface area contributed by atoms with Crippen LogP contribution in [0.15, 0.2) is 4.99 Å². The molecule has 0 aromatic rings. The zero-order valence-electron chi connectivity index (χ0n) is 8.76. The molecule has 0 unspecified atom stereocenters. The van der Waals surface area contributed by atoms with Gasteiger partial charge in [-0.05, 0) is 18.8 Å². The minimum atomic E-state index is 0.848. The van der Waals surface area contributed by atoms with Gasteiger partial charge in [0.2, 0.25) is 0 Å². The highest BCUT2D eigenvalue weighted by Gasteiger charge is 2.13. The molecule has 2 N–H and O–H groups in total. The lowest BCUT2D eigenvalue weighted by Gasteiger charge is -2.05. The van der Waals surface area contributed by atoms with Crippen molar-refractivity contribution in [3.63, 3.8) is 0 Å². The molecular formula is C11H22N2. The second-order valence-corrected chi connectivity index (χ2v) is 4.06. The molecule has 0 saturated heterocycles. The van der Waals surface area contributed by atoms with Crippen molar-refractivity contribution in [1.82, 2.24) is 0 Å². The average molecular weight is 182 g/mol. The first-order valence-electron chi connectivity index (χ1n) is 5.61. The molecule has 0 radical (unpaired) electrons. The van der Waals surface area contributed by atoms with Crippen LogP contribution in [0.4, 0.5) is 0 Å². The minimum absolute atomic E-state index is 0.848. The van der Waals surface area contributed by atoms with E-state index in [2.05, 4.69) is 11.9 Å². The molecule has 0 aliphatic heterocycles. The lowest BCUT2D eigenvalue weighted by atomic mass is 10.0. The molecule has 0 aromatic heterocycles. The van der Waals surface area contributed by atoms with E-state index in [1.54, 1.807) is 0 Å². The number of nitrogens with two attached hydrogens (primary N) is 1. The summed E-state index contributed by atoms with van der Waals surface area (Å²) in [6, 6.07) is 0. The van der Waals surface area contributed by atoms with Gasteiger partial charge in [0.1, 0.15) is 0 Å². The maximum absolute atomic E-state index is 5.72. The van der Waals surface area contributed by atoms with Gasteiger partial charge in [-0.25, -0.2) is 0 Å². The van der Waals surface area contributed by atoms with Crippen LogP contribution >= 0.6 is 0 Å². The van der Waals surface area contributed by atoms with Gasteiger partial charge in [-0.3, -0.25) is 4.99 Å². The molecule has 0 bridgehead atoms. The number of hydrogen-bond acceptors (Lipinski definition) is 1. The SMILES string of the molecule is CCCC(N)=NCCC1CCCC1. The molecular weight excluding hydrogens is 160 g/mol. The Kier molecular flexibility index (Phi) is 4.87. The molecule has 1 aliphatic carbocycles. The molecule has 1 fully saturated rings. The van der Waals surface area contributed by atoms with Gasteiger partial charge < -0.3 is 5.73 Å². The van der Waals surface area contributed by atoms with Crippen molar-refractivity contribution in [2.75, 3.05) is 6.54 Å². The molecule has 0 heterocycles. The van der Waals surface area contributed by atoms with E-state index in [1.165, 1.54) is 32.1 Å². The van der Waals surface area contributed by atoms with Crippen LogP contribution in [-0.4, -0.2) is 12.4 Å². The van der Waals surface area contributed by atoms with E-state index >= 15 is 0 Å². The van der Waals surface area contributed by atoms with Gasteiger partial charge in [0.25, 0.3) is 0 Å². The Morgan fingerprint density at radius 3 is 2.69 bits per heavy atom. The summed E-state index contributed by atoms with van der Waals surface area (Å²) < 4.78 is 0. The quantitative estimate of drug-likeness (QED) is 0.515. The first-order chi connectivity index (χ1) is 6.33. The monoisotopic (exact) mass is 182 g/mol. The van der Waals surface area contributed by atoms with E-state index in [-0.39, 0.29) is 0 Å². The van der Waals surface area contributed by atoms with Crippen LogP contribution in [0.25, 0.3) is 0 Å². The summed E-state index contributed by atoms with van der Waals surface area (Å²) in [5, 5.41) is 0. The third-order valence-corrected chi connectivity index (χ3v) is 2.83. The Morgan fingerprint density at radius 1 is 1.38 bits per heavy atom. The molecule has 1 rings (SSSR count). The lowest BCUT2D eigenvalue weighted by molar-refractivity contribution is 0.511. The van der Waals surface area contributed by atoms with E-state index < -0.39 is 0 Å². The molecule has 2 nitrogen and oxygen atoms in total. The van der Waals surface area contributed by atoms with Crippen molar-refractivity contribution in [3.8, 4) is 0 Å². The van der Waals surface area contributed by atoms with Gasteiger partial charge in [0.05, 0.1) is 5.84 Å². The molecule has 1 saturated carbocycles. The van der Waals surface area contributed by atoms with Gasteiger partial charge in [-0.15, -0.1) is 0 Å². The molecule has 76 valence electrons. The van der Waals surface area contributed by atoms with Crippen LogP contribution in [0.3, 0.4) is 0 Å². The number of aliphatic imine (C=N–C) groups is 1. The average Bonchev–Trinajstić information content (AvgIpc) is 2.57. The van der Waals surface area contributed by atoms with Crippen LogP contribution in [0.1, 0.15) is 51.9 Å². The van der Waals surface area contributed by atoms with Crippen molar-refractivity contribution in [1.29, 1.82) is 0 Å². The predicted octanol–water partition coefficient (Wildman–Crippen LogP) is 2.72. The van der Waals surface area contributed by atoms with Gasteiger partial charge >= 0.3 is 0 Å². The Hall–Kier alpha value is -0.530. The summed E-state index contributed by atoms with van der Waals surface area (Å²) in [6.45, 7) is 3.09. The highest BCUT2D eigenvalue weighted by molar-refractivity contribution is 5.80. The summed E-state index contributed by atoms with van der Waals surface area (Å²) in [5.41, 5.74) is 5.72. The van der Waals surface area contributed by atoms with E-state index in [1.807, 2.05) is 0 Å². The normalized spacial score (nSPS) is 19.6. The maximum Gasteiger partial charge on any atom is 0.0936 e. The number of nitrogens with zero attached hydrogens (tertiary/aromatic N) is 1. The van der Waals surface area contributed by atoms with E-state index in [4.69, 9.17) is 5.73 Å². The van der Waals surface area contributed by atoms with Crippen LogP contribution in [-0.2, 0) is 0 Å². The third-order valence-electron chi connectivity index (χ3n) is 2.83. The van der Waals surface area contributed by atoms with Crippen molar-refractivity contribution in [2.24, 2.45) is 16.6 Å².